The number of hydrogen-bond acceptors (Lipinski definition) is 6. The molecular weight excluding hydrogens is 367 g/mol. The molecule has 1 aromatic heterocycles. The van der Waals surface area contributed by atoms with Crippen LogP contribution in [0.3, 0.4) is 0 Å². The smallest absolute Gasteiger partial charge is 0.271 e. The van der Waals surface area contributed by atoms with E-state index in [1.807, 2.05) is 6.07 Å². The van der Waals surface area contributed by atoms with E-state index < -0.39 is 4.92 Å². The standard InChI is InChI=1S/C16H8Cl2N4O3/c17-10-1-4-15-14(5-10)21-16(25-15)9(7-19)8-20-13-6-11(22(23)24)2-3-12(13)18/h1-6,8,20H/b9-8-. The molecule has 3 rings (SSSR count). The highest BCUT2D eigenvalue weighted by Gasteiger charge is 2.13. The molecule has 1 N–H and O–H groups in total. The molecule has 3 aromatic rings. The van der Waals surface area contributed by atoms with Crippen molar-refractivity contribution >= 4 is 51.2 Å². The van der Waals surface area contributed by atoms with Crippen molar-refractivity contribution in [1.29, 1.82) is 5.26 Å². The van der Waals surface area contributed by atoms with E-state index in [2.05, 4.69) is 10.3 Å². The van der Waals surface area contributed by atoms with Gasteiger partial charge in [-0.25, -0.2) is 4.98 Å². The number of anilines is 1. The van der Waals surface area contributed by atoms with Crippen LogP contribution in [0.15, 0.2) is 47.0 Å². The number of nitro benzene ring substituents is 1. The minimum absolute atomic E-state index is 0.0915. The largest absolute Gasteiger partial charge is 0.435 e. The predicted octanol–water partition coefficient (Wildman–Crippen LogP) is 5.02. The van der Waals surface area contributed by atoms with Crippen molar-refractivity contribution in [3.8, 4) is 6.07 Å². The lowest BCUT2D eigenvalue weighted by molar-refractivity contribution is -0.384. The van der Waals surface area contributed by atoms with Crippen molar-refractivity contribution in [2.45, 2.75) is 0 Å². The first-order chi connectivity index (χ1) is 12.0. The Morgan fingerprint density at radius 2 is 2.12 bits per heavy atom. The molecule has 0 bridgehead atoms. The van der Waals surface area contributed by atoms with Crippen LogP contribution in [0.4, 0.5) is 11.4 Å². The summed E-state index contributed by atoms with van der Waals surface area (Å²) in [5, 5.41) is 23.7. The predicted molar refractivity (Wildman–Crippen MR) is 94.3 cm³/mol. The molecule has 0 fully saturated rings. The van der Waals surface area contributed by atoms with Gasteiger partial charge in [0.05, 0.1) is 15.6 Å². The molecule has 0 atom stereocenters. The molecule has 0 aliphatic rings. The third-order valence-corrected chi connectivity index (χ3v) is 3.80. The second-order valence-corrected chi connectivity index (χ2v) is 5.71. The van der Waals surface area contributed by atoms with Crippen LogP contribution >= 0.6 is 23.2 Å². The van der Waals surface area contributed by atoms with Gasteiger partial charge in [0.25, 0.3) is 5.69 Å². The van der Waals surface area contributed by atoms with E-state index in [9.17, 15) is 15.4 Å². The van der Waals surface area contributed by atoms with E-state index >= 15 is 0 Å². The highest BCUT2D eigenvalue weighted by molar-refractivity contribution is 6.33. The number of halogens is 2. The van der Waals surface area contributed by atoms with Gasteiger partial charge in [-0.1, -0.05) is 23.2 Å². The van der Waals surface area contributed by atoms with Gasteiger partial charge in [0.15, 0.2) is 5.58 Å². The SMILES string of the molecule is N#C/C(=C/Nc1cc([N+](=O)[O-])ccc1Cl)c1nc2cc(Cl)ccc2o1. The zero-order chi connectivity index (χ0) is 18.0. The Labute approximate surface area is 151 Å². The van der Waals surface area contributed by atoms with Crippen LogP contribution in [-0.2, 0) is 0 Å². The van der Waals surface area contributed by atoms with Gasteiger partial charge in [0.2, 0.25) is 5.89 Å². The maximum absolute atomic E-state index is 10.8. The summed E-state index contributed by atoms with van der Waals surface area (Å²) < 4.78 is 5.51. The zero-order valence-electron chi connectivity index (χ0n) is 12.4. The Morgan fingerprint density at radius 3 is 2.84 bits per heavy atom. The molecule has 0 spiro atoms. The van der Waals surface area contributed by atoms with Crippen LogP contribution in [0.25, 0.3) is 16.7 Å². The van der Waals surface area contributed by atoms with Crippen LogP contribution < -0.4 is 5.32 Å². The Balaban J connectivity index is 1.94. The first-order valence-corrected chi connectivity index (χ1v) is 7.61. The Hall–Kier alpha value is -3.08. The van der Waals surface area contributed by atoms with Gasteiger partial charge >= 0.3 is 0 Å². The van der Waals surface area contributed by atoms with E-state index in [0.717, 1.165) is 0 Å². The van der Waals surface area contributed by atoms with Crippen molar-refractivity contribution < 1.29 is 9.34 Å². The molecule has 0 unspecified atom stereocenters. The van der Waals surface area contributed by atoms with E-state index in [1.54, 1.807) is 18.2 Å². The first kappa shape index (κ1) is 16.8. The molecule has 0 amide bonds. The Kier molecular flexibility index (Phi) is 4.57. The maximum atomic E-state index is 10.8. The molecule has 0 radical (unpaired) electrons. The summed E-state index contributed by atoms with van der Waals surface area (Å²) in [6.07, 6.45) is 1.32. The number of oxazole rings is 1. The van der Waals surface area contributed by atoms with Gasteiger partial charge in [-0.2, -0.15) is 5.26 Å². The van der Waals surface area contributed by atoms with Crippen molar-refractivity contribution in [2.75, 3.05) is 5.32 Å². The second kappa shape index (κ2) is 6.81. The van der Waals surface area contributed by atoms with Crippen LogP contribution in [0.2, 0.25) is 10.0 Å². The number of allylic oxidation sites excluding steroid dienone is 1. The molecule has 124 valence electrons. The van der Waals surface area contributed by atoms with Crippen LogP contribution in [0.1, 0.15) is 5.89 Å². The number of nitrogens with zero attached hydrogens (tertiary/aromatic N) is 3. The third-order valence-electron chi connectivity index (χ3n) is 3.23. The lowest BCUT2D eigenvalue weighted by Crippen LogP contribution is -1.94. The van der Waals surface area contributed by atoms with E-state index in [-0.39, 0.29) is 27.9 Å². The van der Waals surface area contributed by atoms with E-state index in [4.69, 9.17) is 27.6 Å². The summed E-state index contributed by atoms with van der Waals surface area (Å²) in [6, 6.07) is 10.8. The quantitative estimate of drug-likeness (QED) is 0.390. The summed E-state index contributed by atoms with van der Waals surface area (Å²) in [5.74, 6) is 0.0915. The highest BCUT2D eigenvalue weighted by atomic mass is 35.5. The summed E-state index contributed by atoms with van der Waals surface area (Å²) >= 11 is 11.9. The van der Waals surface area contributed by atoms with Gasteiger partial charge in [0, 0.05) is 23.4 Å². The van der Waals surface area contributed by atoms with Gasteiger partial charge < -0.3 is 9.73 Å². The zero-order valence-corrected chi connectivity index (χ0v) is 13.9. The van der Waals surface area contributed by atoms with Crippen molar-refractivity contribution in [3.05, 3.63) is 68.6 Å². The lowest BCUT2D eigenvalue weighted by Gasteiger charge is -2.03. The third kappa shape index (κ3) is 3.55. The number of nitrogens with one attached hydrogen (secondary N) is 1. The Bertz CT molecular complexity index is 1050. The molecule has 1 heterocycles. The normalized spacial score (nSPS) is 11.3. The molecule has 2 aromatic carbocycles. The summed E-state index contributed by atoms with van der Waals surface area (Å²) in [5.41, 5.74) is 1.24. The summed E-state index contributed by atoms with van der Waals surface area (Å²) in [6.45, 7) is 0. The molecule has 25 heavy (non-hydrogen) atoms. The lowest BCUT2D eigenvalue weighted by atomic mass is 10.2. The number of nitriles is 1. The van der Waals surface area contributed by atoms with Gasteiger partial charge in [-0.15, -0.1) is 0 Å². The van der Waals surface area contributed by atoms with Crippen molar-refractivity contribution in [2.24, 2.45) is 0 Å². The number of rotatable bonds is 4. The molecule has 0 aliphatic heterocycles. The van der Waals surface area contributed by atoms with E-state index in [1.165, 1.54) is 24.4 Å². The van der Waals surface area contributed by atoms with Gasteiger partial charge in [-0.05, 0) is 24.3 Å². The fraction of sp³-hybridized carbons (Fsp3) is 0. The average Bonchev–Trinajstić information content (AvgIpc) is 2.99. The molecule has 0 saturated carbocycles. The summed E-state index contributed by atoms with van der Waals surface area (Å²) in [7, 11) is 0. The topological polar surface area (TPSA) is 105 Å². The number of nitro groups is 1. The minimum Gasteiger partial charge on any atom is -0.435 e. The molecular formula is C16H8Cl2N4O3. The number of non-ortho nitro benzene ring substituents is 1. The highest BCUT2D eigenvalue weighted by Crippen LogP contribution is 2.28. The molecule has 0 saturated heterocycles. The average molecular weight is 375 g/mol. The van der Waals surface area contributed by atoms with Gasteiger partial charge in [0.1, 0.15) is 17.2 Å². The second-order valence-electron chi connectivity index (χ2n) is 4.87. The monoisotopic (exact) mass is 374 g/mol. The maximum Gasteiger partial charge on any atom is 0.271 e. The van der Waals surface area contributed by atoms with Crippen LogP contribution in [-0.4, -0.2) is 9.91 Å². The van der Waals surface area contributed by atoms with E-state index in [0.29, 0.717) is 16.1 Å². The molecule has 0 aliphatic carbocycles. The van der Waals surface area contributed by atoms with Crippen LogP contribution in [0.5, 0.6) is 0 Å². The fourth-order valence-corrected chi connectivity index (χ4v) is 2.38. The number of benzene rings is 2. The minimum atomic E-state index is -0.541. The number of hydrogen-bond donors (Lipinski definition) is 1. The molecule has 9 heteroatoms. The van der Waals surface area contributed by atoms with Crippen LogP contribution in [0, 0.1) is 21.4 Å². The van der Waals surface area contributed by atoms with Crippen molar-refractivity contribution in [1.82, 2.24) is 4.98 Å². The number of aromatic nitrogens is 1. The molecule has 7 nitrogen and oxygen atoms in total. The van der Waals surface area contributed by atoms with Crippen molar-refractivity contribution in [3.63, 3.8) is 0 Å². The summed E-state index contributed by atoms with van der Waals surface area (Å²) in [4.78, 5) is 14.5. The fourth-order valence-electron chi connectivity index (χ4n) is 2.04. The van der Waals surface area contributed by atoms with Gasteiger partial charge in [-0.3, -0.25) is 10.1 Å². The number of fused-ring (bicyclic) bond motifs is 1. The Morgan fingerprint density at radius 1 is 1.32 bits per heavy atom. The first-order valence-electron chi connectivity index (χ1n) is 6.85.